The van der Waals surface area contributed by atoms with Crippen LogP contribution in [0.3, 0.4) is 0 Å². The van der Waals surface area contributed by atoms with E-state index < -0.39 is 5.41 Å². The van der Waals surface area contributed by atoms with Gasteiger partial charge in [-0.05, 0) is 30.5 Å². The minimum Gasteiger partial charge on any atom is -0.301 e. The van der Waals surface area contributed by atoms with Gasteiger partial charge in [0.1, 0.15) is 6.54 Å². The number of anilines is 1. The molecule has 0 bridgehead atoms. The Bertz CT molecular complexity index is 1020. The van der Waals surface area contributed by atoms with E-state index in [9.17, 15) is 14.4 Å². The molecule has 5 rings (SSSR count). The van der Waals surface area contributed by atoms with Gasteiger partial charge in [0.2, 0.25) is 17.7 Å². The van der Waals surface area contributed by atoms with Crippen molar-refractivity contribution in [3.8, 4) is 0 Å². The van der Waals surface area contributed by atoms with Crippen molar-refractivity contribution in [3.05, 3.63) is 60.2 Å². The fourth-order valence-corrected chi connectivity index (χ4v) is 6.44. The molecule has 1 spiro atoms. The SMILES string of the molecule is O=C1CC2(CCCCC2)C(=O)N1CC(=O)N1c2ccccc2SCC1c1ccccc1. The Morgan fingerprint density at radius 3 is 2.45 bits per heavy atom. The zero-order chi connectivity index (χ0) is 21.4. The Morgan fingerprint density at radius 2 is 1.68 bits per heavy atom. The number of imide groups is 1. The molecule has 31 heavy (non-hydrogen) atoms. The third-order valence-corrected chi connectivity index (χ3v) is 8.02. The van der Waals surface area contributed by atoms with E-state index in [1.54, 1.807) is 16.7 Å². The maximum atomic E-state index is 13.6. The van der Waals surface area contributed by atoms with Crippen LogP contribution in [0, 0.1) is 5.41 Å². The second-order valence-corrected chi connectivity index (χ2v) is 9.83. The molecule has 5 nitrogen and oxygen atoms in total. The monoisotopic (exact) mass is 434 g/mol. The van der Waals surface area contributed by atoms with Crippen LogP contribution in [0.5, 0.6) is 0 Å². The Balaban J connectivity index is 1.45. The summed E-state index contributed by atoms with van der Waals surface area (Å²) in [5, 5.41) is 0. The molecule has 1 saturated carbocycles. The summed E-state index contributed by atoms with van der Waals surface area (Å²) in [6.07, 6.45) is 4.86. The van der Waals surface area contributed by atoms with Gasteiger partial charge in [-0.1, -0.05) is 61.7 Å². The number of nitrogens with zero attached hydrogens (tertiary/aromatic N) is 2. The predicted molar refractivity (Wildman–Crippen MR) is 121 cm³/mol. The summed E-state index contributed by atoms with van der Waals surface area (Å²) in [5.74, 6) is 0.201. The number of rotatable bonds is 3. The molecule has 2 heterocycles. The Labute approximate surface area is 186 Å². The highest BCUT2D eigenvalue weighted by Gasteiger charge is 2.52. The second kappa shape index (κ2) is 8.15. The fraction of sp³-hybridized carbons (Fsp3) is 0.400. The van der Waals surface area contributed by atoms with Crippen molar-refractivity contribution in [1.29, 1.82) is 0 Å². The molecule has 1 atom stereocenters. The first-order chi connectivity index (χ1) is 15.1. The van der Waals surface area contributed by atoms with Crippen molar-refractivity contribution in [1.82, 2.24) is 4.90 Å². The number of fused-ring (bicyclic) bond motifs is 1. The zero-order valence-corrected chi connectivity index (χ0v) is 18.3. The maximum Gasteiger partial charge on any atom is 0.247 e. The molecule has 1 aliphatic carbocycles. The Kier molecular flexibility index (Phi) is 5.34. The third-order valence-electron chi connectivity index (χ3n) is 6.88. The average molecular weight is 435 g/mol. The Morgan fingerprint density at radius 1 is 0.968 bits per heavy atom. The van der Waals surface area contributed by atoms with Crippen molar-refractivity contribution in [2.24, 2.45) is 5.41 Å². The van der Waals surface area contributed by atoms with Crippen molar-refractivity contribution >= 4 is 35.2 Å². The van der Waals surface area contributed by atoms with Crippen LogP contribution in [0.25, 0.3) is 0 Å². The summed E-state index contributed by atoms with van der Waals surface area (Å²) in [6, 6.07) is 17.7. The van der Waals surface area contributed by atoms with E-state index in [0.717, 1.165) is 54.0 Å². The quantitative estimate of drug-likeness (QED) is 0.664. The van der Waals surface area contributed by atoms with Gasteiger partial charge in [0.05, 0.1) is 17.1 Å². The average Bonchev–Trinajstić information content (AvgIpc) is 3.03. The molecule has 1 saturated heterocycles. The molecule has 2 aromatic rings. The van der Waals surface area contributed by atoms with Crippen LogP contribution in [0.2, 0.25) is 0 Å². The van der Waals surface area contributed by atoms with E-state index in [0.29, 0.717) is 0 Å². The summed E-state index contributed by atoms with van der Waals surface area (Å²) in [5.41, 5.74) is 1.34. The second-order valence-electron chi connectivity index (χ2n) is 8.77. The highest BCUT2D eigenvalue weighted by atomic mass is 32.2. The van der Waals surface area contributed by atoms with Gasteiger partial charge in [0, 0.05) is 17.1 Å². The number of para-hydroxylation sites is 1. The van der Waals surface area contributed by atoms with Crippen molar-refractivity contribution in [2.75, 3.05) is 17.2 Å². The molecular weight excluding hydrogens is 408 g/mol. The van der Waals surface area contributed by atoms with Gasteiger partial charge in [-0.2, -0.15) is 0 Å². The van der Waals surface area contributed by atoms with E-state index in [2.05, 4.69) is 0 Å². The van der Waals surface area contributed by atoms with Crippen LogP contribution in [0.15, 0.2) is 59.5 Å². The number of thioether (sulfide) groups is 1. The molecule has 0 N–H and O–H groups in total. The fourth-order valence-electron chi connectivity index (χ4n) is 5.27. The summed E-state index contributed by atoms with van der Waals surface area (Å²) in [7, 11) is 0. The van der Waals surface area contributed by atoms with E-state index >= 15 is 0 Å². The van der Waals surface area contributed by atoms with Crippen LogP contribution < -0.4 is 4.90 Å². The van der Waals surface area contributed by atoms with E-state index in [1.165, 1.54) is 4.90 Å². The van der Waals surface area contributed by atoms with Gasteiger partial charge in [-0.3, -0.25) is 19.3 Å². The number of carbonyl (C=O) groups excluding carboxylic acids is 3. The van der Waals surface area contributed by atoms with E-state index in [4.69, 9.17) is 0 Å². The molecule has 2 fully saturated rings. The minimum absolute atomic E-state index is 0.134. The van der Waals surface area contributed by atoms with Gasteiger partial charge in [0.25, 0.3) is 0 Å². The smallest absolute Gasteiger partial charge is 0.247 e. The molecular formula is C25H26N2O3S. The van der Waals surface area contributed by atoms with Crippen molar-refractivity contribution in [2.45, 2.75) is 49.5 Å². The summed E-state index contributed by atoms with van der Waals surface area (Å²) < 4.78 is 0. The molecule has 160 valence electrons. The lowest BCUT2D eigenvalue weighted by atomic mass is 9.73. The highest BCUT2D eigenvalue weighted by molar-refractivity contribution is 7.99. The summed E-state index contributed by atoms with van der Waals surface area (Å²) in [6.45, 7) is -0.179. The number of likely N-dealkylation sites (tertiary alicyclic amines) is 1. The zero-order valence-electron chi connectivity index (χ0n) is 17.5. The van der Waals surface area contributed by atoms with Crippen LogP contribution in [-0.2, 0) is 14.4 Å². The number of benzene rings is 2. The Hall–Kier alpha value is -2.60. The van der Waals surface area contributed by atoms with Crippen LogP contribution in [0.1, 0.15) is 50.1 Å². The molecule has 2 aromatic carbocycles. The molecule has 3 aliphatic rings. The van der Waals surface area contributed by atoms with Gasteiger partial charge < -0.3 is 4.90 Å². The van der Waals surface area contributed by atoms with E-state index in [1.807, 2.05) is 54.6 Å². The number of hydrogen-bond acceptors (Lipinski definition) is 4. The molecule has 0 aromatic heterocycles. The molecule has 3 amide bonds. The first-order valence-electron chi connectivity index (χ1n) is 11.0. The van der Waals surface area contributed by atoms with Gasteiger partial charge in [0.15, 0.2) is 0 Å². The first kappa shape index (κ1) is 20.3. The van der Waals surface area contributed by atoms with Crippen molar-refractivity contribution in [3.63, 3.8) is 0 Å². The number of carbonyl (C=O) groups is 3. The summed E-state index contributed by atoms with van der Waals surface area (Å²) in [4.78, 5) is 43.8. The van der Waals surface area contributed by atoms with Gasteiger partial charge in [-0.15, -0.1) is 11.8 Å². The van der Waals surface area contributed by atoms with Crippen molar-refractivity contribution < 1.29 is 14.4 Å². The number of hydrogen-bond donors (Lipinski definition) is 0. The summed E-state index contributed by atoms with van der Waals surface area (Å²) >= 11 is 1.73. The van der Waals surface area contributed by atoms with Crippen LogP contribution in [-0.4, -0.2) is 34.9 Å². The van der Waals surface area contributed by atoms with Crippen LogP contribution in [0.4, 0.5) is 5.69 Å². The topological polar surface area (TPSA) is 57.7 Å². The van der Waals surface area contributed by atoms with Crippen LogP contribution >= 0.6 is 11.8 Å². The largest absolute Gasteiger partial charge is 0.301 e. The first-order valence-corrected chi connectivity index (χ1v) is 12.0. The highest BCUT2D eigenvalue weighted by Crippen LogP contribution is 2.46. The third kappa shape index (κ3) is 3.57. The molecule has 2 aliphatic heterocycles. The molecule has 1 unspecified atom stereocenters. The maximum absolute atomic E-state index is 13.6. The van der Waals surface area contributed by atoms with E-state index in [-0.39, 0.29) is 36.7 Å². The lowest BCUT2D eigenvalue weighted by Gasteiger charge is -2.38. The number of amides is 3. The normalized spacial score (nSPS) is 22.6. The van der Waals surface area contributed by atoms with Gasteiger partial charge >= 0.3 is 0 Å². The van der Waals surface area contributed by atoms with Gasteiger partial charge in [-0.25, -0.2) is 0 Å². The minimum atomic E-state index is -0.565. The molecule has 6 heteroatoms. The predicted octanol–water partition coefficient (Wildman–Crippen LogP) is 4.58. The lowest BCUT2D eigenvalue weighted by molar-refractivity contribution is -0.145. The lowest BCUT2D eigenvalue weighted by Crippen LogP contribution is -2.47. The standard InChI is InChI=1S/C25H26N2O3S/c28-22-15-25(13-7-2-8-14-25)24(30)26(22)16-23(29)27-19-11-5-6-12-21(19)31-17-20(27)18-9-3-1-4-10-18/h1,3-6,9-12,20H,2,7-8,13-17H2. The molecule has 0 radical (unpaired) electrons.